The summed E-state index contributed by atoms with van der Waals surface area (Å²) in [6.07, 6.45) is 10.3. The lowest BCUT2D eigenvalue weighted by Gasteiger charge is -2.29. The number of aryl methyl sites for hydroxylation is 2. The topological polar surface area (TPSA) is 85.0 Å². The van der Waals surface area contributed by atoms with Crippen molar-refractivity contribution in [1.82, 2.24) is 25.0 Å². The van der Waals surface area contributed by atoms with Gasteiger partial charge in [-0.05, 0) is 87.1 Å². The Labute approximate surface area is 246 Å². The van der Waals surface area contributed by atoms with E-state index < -0.39 is 0 Å². The summed E-state index contributed by atoms with van der Waals surface area (Å²) in [7, 11) is 2.18. The molecule has 2 aromatic carbocycles. The summed E-state index contributed by atoms with van der Waals surface area (Å²) in [6, 6.07) is 18.4. The quantitative estimate of drug-likeness (QED) is 0.198. The van der Waals surface area contributed by atoms with E-state index >= 15 is 0 Å². The molecule has 212 valence electrons. The molecule has 0 N–H and O–H groups in total. The maximum Gasteiger partial charge on any atom is 0.171 e. The average Bonchev–Trinajstić information content (AvgIpc) is 3.45. The van der Waals surface area contributed by atoms with E-state index in [4.69, 9.17) is 9.51 Å². The molecule has 6 rings (SSSR count). The zero-order chi connectivity index (χ0) is 29.1. The molecule has 42 heavy (non-hydrogen) atoms. The highest BCUT2D eigenvalue weighted by molar-refractivity contribution is 5.97. The van der Waals surface area contributed by atoms with Crippen LogP contribution in [0.4, 0.5) is 0 Å². The van der Waals surface area contributed by atoms with Crippen LogP contribution in [0, 0.1) is 13.8 Å². The number of ketones is 1. The fraction of sp³-hybridized carbons (Fsp3) is 0.286. The molecule has 0 spiro atoms. The van der Waals surface area contributed by atoms with Gasteiger partial charge in [0, 0.05) is 53.7 Å². The minimum atomic E-state index is 0.132. The van der Waals surface area contributed by atoms with Crippen molar-refractivity contribution >= 4 is 5.78 Å². The number of rotatable bonds is 8. The molecule has 1 fully saturated rings. The molecule has 4 heterocycles. The summed E-state index contributed by atoms with van der Waals surface area (Å²) in [6.45, 7) is 6.30. The predicted octanol–water partition coefficient (Wildman–Crippen LogP) is 6.64. The number of carbonyl (C=O) groups is 1. The van der Waals surface area contributed by atoms with Gasteiger partial charge in [0.05, 0.1) is 11.9 Å². The third-order valence-corrected chi connectivity index (χ3v) is 8.30. The lowest BCUT2D eigenvalue weighted by molar-refractivity contribution is 0.0993. The van der Waals surface area contributed by atoms with E-state index in [2.05, 4.69) is 58.3 Å². The molecule has 0 aliphatic carbocycles. The maximum absolute atomic E-state index is 13.2. The Hall–Kier alpha value is -4.49. The lowest BCUT2D eigenvalue weighted by Crippen LogP contribution is -2.29. The standard InChI is InChI=1S/C35H35N5O2/c1-23-4-5-25(17-33(41)28-8-6-26(7-9-28)27-11-14-40(3)15-12-27)16-29(23)19-34-37-13-10-32(39-34)30-18-31(22-36-21-30)35-24(2)20-38-42-35/h4-10,13,16,18,20-22,27H,11-12,14-15,17,19H2,1-3H3. The van der Waals surface area contributed by atoms with E-state index in [0.29, 0.717) is 30.3 Å². The van der Waals surface area contributed by atoms with Crippen molar-refractivity contribution in [2.45, 2.75) is 45.4 Å². The van der Waals surface area contributed by atoms with Crippen LogP contribution in [0.15, 0.2) is 83.9 Å². The van der Waals surface area contributed by atoms with Gasteiger partial charge in [-0.2, -0.15) is 0 Å². The number of piperidine rings is 1. The molecule has 7 heteroatoms. The first kappa shape index (κ1) is 27.7. The van der Waals surface area contributed by atoms with Crippen LogP contribution >= 0.6 is 0 Å². The van der Waals surface area contributed by atoms with Gasteiger partial charge in [0.15, 0.2) is 11.5 Å². The molecular formula is C35H35N5O2. The molecule has 7 nitrogen and oxygen atoms in total. The molecule has 3 aromatic heterocycles. The summed E-state index contributed by atoms with van der Waals surface area (Å²) < 4.78 is 5.41. The zero-order valence-corrected chi connectivity index (χ0v) is 24.4. The first-order chi connectivity index (χ1) is 20.4. The molecule has 0 amide bonds. The summed E-state index contributed by atoms with van der Waals surface area (Å²) in [5, 5.41) is 3.88. The monoisotopic (exact) mass is 557 g/mol. The van der Waals surface area contributed by atoms with Crippen molar-refractivity contribution in [3.8, 4) is 22.6 Å². The highest BCUT2D eigenvalue weighted by atomic mass is 16.5. The maximum atomic E-state index is 13.2. The lowest BCUT2D eigenvalue weighted by atomic mass is 9.88. The van der Waals surface area contributed by atoms with Crippen LogP contribution in [-0.2, 0) is 12.8 Å². The average molecular weight is 558 g/mol. The van der Waals surface area contributed by atoms with Crippen LogP contribution < -0.4 is 0 Å². The number of nitrogens with zero attached hydrogens (tertiary/aromatic N) is 5. The Morgan fingerprint density at radius 2 is 1.71 bits per heavy atom. The van der Waals surface area contributed by atoms with E-state index in [1.807, 2.05) is 37.3 Å². The van der Waals surface area contributed by atoms with Crippen molar-refractivity contribution in [2.75, 3.05) is 20.1 Å². The second kappa shape index (κ2) is 12.2. The van der Waals surface area contributed by atoms with Crippen molar-refractivity contribution in [1.29, 1.82) is 0 Å². The molecule has 1 saturated heterocycles. The Bertz CT molecular complexity index is 1700. The highest BCUT2D eigenvalue weighted by Crippen LogP contribution is 2.29. The fourth-order valence-corrected chi connectivity index (χ4v) is 5.68. The number of hydrogen-bond acceptors (Lipinski definition) is 7. The fourth-order valence-electron chi connectivity index (χ4n) is 5.68. The van der Waals surface area contributed by atoms with Gasteiger partial charge in [0.25, 0.3) is 0 Å². The van der Waals surface area contributed by atoms with Gasteiger partial charge < -0.3 is 9.42 Å². The van der Waals surface area contributed by atoms with Crippen molar-refractivity contribution < 1.29 is 9.32 Å². The minimum absolute atomic E-state index is 0.132. The largest absolute Gasteiger partial charge is 0.356 e. The van der Waals surface area contributed by atoms with Gasteiger partial charge >= 0.3 is 0 Å². The second-order valence-electron chi connectivity index (χ2n) is 11.4. The normalized spacial score (nSPS) is 14.3. The van der Waals surface area contributed by atoms with E-state index in [9.17, 15) is 4.79 Å². The Balaban J connectivity index is 1.15. The molecule has 1 aliphatic heterocycles. The van der Waals surface area contributed by atoms with Crippen LogP contribution in [0.1, 0.15) is 62.8 Å². The molecule has 1 aliphatic rings. The SMILES string of the molecule is Cc1ccc(CC(=O)c2ccc(C3CCN(C)CC3)cc2)cc1Cc1nccc(-c2cncc(-c3oncc3C)c2)n1. The summed E-state index contributed by atoms with van der Waals surface area (Å²) in [5.41, 5.74) is 8.84. The molecule has 5 aromatic rings. The molecule has 0 saturated carbocycles. The molecular weight excluding hydrogens is 522 g/mol. The third-order valence-electron chi connectivity index (χ3n) is 8.30. The van der Waals surface area contributed by atoms with Crippen LogP contribution in [0.5, 0.6) is 0 Å². The van der Waals surface area contributed by atoms with E-state index in [1.54, 1.807) is 24.8 Å². The number of Topliss-reactive ketones (excluding diaryl/α,β-unsaturated/α-hetero) is 1. The summed E-state index contributed by atoms with van der Waals surface area (Å²) in [4.78, 5) is 29.4. The van der Waals surface area contributed by atoms with E-state index in [-0.39, 0.29) is 5.78 Å². The zero-order valence-electron chi connectivity index (χ0n) is 24.4. The number of hydrogen-bond donors (Lipinski definition) is 0. The highest BCUT2D eigenvalue weighted by Gasteiger charge is 2.19. The van der Waals surface area contributed by atoms with Gasteiger partial charge in [-0.25, -0.2) is 9.97 Å². The van der Waals surface area contributed by atoms with Gasteiger partial charge in [-0.1, -0.05) is 47.6 Å². The number of aromatic nitrogens is 4. The van der Waals surface area contributed by atoms with Crippen LogP contribution in [0.2, 0.25) is 0 Å². The Kier molecular flexibility index (Phi) is 8.02. The van der Waals surface area contributed by atoms with E-state index in [0.717, 1.165) is 57.7 Å². The minimum Gasteiger partial charge on any atom is -0.356 e. The summed E-state index contributed by atoms with van der Waals surface area (Å²) in [5.74, 6) is 2.13. The predicted molar refractivity (Wildman–Crippen MR) is 163 cm³/mol. The first-order valence-corrected chi connectivity index (χ1v) is 14.5. The Morgan fingerprint density at radius 1 is 0.929 bits per heavy atom. The van der Waals surface area contributed by atoms with Crippen LogP contribution in [0.3, 0.4) is 0 Å². The van der Waals surface area contributed by atoms with E-state index in [1.165, 1.54) is 18.4 Å². The smallest absolute Gasteiger partial charge is 0.171 e. The molecule has 0 radical (unpaired) electrons. The van der Waals surface area contributed by atoms with Gasteiger partial charge in [-0.3, -0.25) is 9.78 Å². The second-order valence-corrected chi connectivity index (χ2v) is 11.4. The molecule has 0 unspecified atom stereocenters. The van der Waals surface area contributed by atoms with Crippen molar-refractivity contribution in [2.24, 2.45) is 0 Å². The number of pyridine rings is 1. The summed E-state index contributed by atoms with van der Waals surface area (Å²) >= 11 is 0. The van der Waals surface area contributed by atoms with Crippen LogP contribution in [-0.4, -0.2) is 50.9 Å². The van der Waals surface area contributed by atoms with Crippen molar-refractivity contribution in [3.63, 3.8) is 0 Å². The van der Waals surface area contributed by atoms with Crippen LogP contribution in [0.25, 0.3) is 22.6 Å². The molecule has 0 atom stereocenters. The third kappa shape index (κ3) is 6.21. The van der Waals surface area contributed by atoms with Gasteiger partial charge in [-0.15, -0.1) is 0 Å². The Morgan fingerprint density at radius 3 is 2.48 bits per heavy atom. The number of likely N-dealkylation sites (tertiary alicyclic amines) is 1. The van der Waals surface area contributed by atoms with Crippen molar-refractivity contribution in [3.05, 3.63) is 119 Å². The number of carbonyl (C=O) groups excluding carboxylic acids is 1. The van der Waals surface area contributed by atoms with Gasteiger partial charge in [0.1, 0.15) is 5.82 Å². The molecule has 0 bridgehead atoms. The van der Waals surface area contributed by atoms with Gasteiger partial charge in [0.2, 0.25) is 0 Å². The first-order valence-electron chi connectivity index (χ1n) is 14.5. The number of benzene rings is 2.